The van der Waals surface area contributed by atoms with Gasteiger partial charge < -0.3 is 9.84 Å². The van der Waals surface area contributed by atoms with E-state index >= 15 is 0 Å². The van der Waals surface area contributed by atoms with Crippen molar-refractivity contribution in [2.75, 3.05) is 7.11 Å². The minimum absolute atomic E-state index is 0.284. The van der Waals surface area contributed by atoms with Gasteiger partial charge in [0.05, 0.1) is 11.6 Å². The number of halogens is 1. The molecule has 0 saturated heterocycles. The van der Waals surface area contributed by atoms with E-state index in [1.165, 1.54) is 0 Å². The molecule has 15 heavy (non-hydrogen) atoms. The lowest BCUT2D eigenvalue weighted by molar-refractivity contribution is 0.199. The number of ether oxygens (including phenoxy) is 1. The maximum atomic E-state index is 10.1. The quantitative estimate of drug-likeness (QED) is 0.888. The summed E-state index contributed by atoms with van der Waals surface area (Å²) in [6.07, 6.45) is 0.334. The van der Waals surface area contributed by atoms with Gasteiger partial charge in [0.1, 0.15) is 11.9 Å². The first kappa shape index (κ1) is 12.5. The predicted octanol–water partition coefficient (Wildman–Crippen LogP) is 3.76. The molecule has 1 rings (SSSR count). The fraction of sp³-hybridized carbons (Fsp3) is 0.417. The number of rotatable bonds is 2. The molecule has 0 aromatic heterocycles. The van der Waals surface area contributed by atoms with Gasteiger partial charge in [-0.25, -0.2) is 0 Å². The van der Waals surface area contributed by atoms with Crippen molar-refractivity contribution in [2.24, 2.45) is 5.41 Å². The van der Waals surface area contributed by atoms with Gasteiger partial charge in [-0.3, -0.25) is 0 Å². The minimum Gasteiger partial charge on any atom is -0.495 e. The summed E-state index contributed by atoms with van der Waals surface area (Å²) in [6, 6.07) is 5.62. The van der Waals surface area contributed by atoms with Crippen molar-refractivity contribution in [3.8, 4) is 5.75 Å². The van der Waals surface area contributed by atoms with E-state index in [-0.39, 0.29) is 5.41 Å². The monoisotopic (exact) mass is 271 g/mol. The second-order valence-electron chi connectivity index (χ2n) is 4.42. The Morgan fingerprint density at radius 3 is 2.40 bits per heavy atom. The maximum Gasteiger partial charge on any atom is 0.139 e. The first-order valence-corrected chi connectivity index (χ1v) is 5.56. The highest BCUT2D eigenvalue weighted by atomic mass is 79.9. The van der Waals surface area contributed by atoms with Crippen molar-refractivity contribution >= 4 is 15.9 Å². The molecule has 1 N–H and O–H groups in total. The van der Waals surface area contributed by atoms with Crippen molar-refractivity contribution in [3.63, 3.8) is 0 Å². The summed E-state index contributed by atoms with van der Waals surface area (Å²) in [5.41, 5.74) is 0.452. The van der Waals surface area contributed by atoms with E-state index in [1.54, 1.807) is 7.11 Å². The molecule has 0 heterocycles. The van der Waals surface area contributed by atoms with Crippen LogP contribution in [-0.2, 0) is 0 Å². The molecular formula is C12H16BrO2. The van der Waals surface area contributed by atoms with Crippen molar-refractivity contribution in [3.05, 3.63) is 34.3 Å². The molecule has 0 amide bonds. The maximum absolute atomic E-state index is 10.1. The molecular weight excluding hydrogens is 256 g/mol. The zero-order valence-corrected chi connectivity index (χ0v) is 11.1. The van der Waals surface area contributed by atoms with Crippen LogP contribution in [0.1, 0.15) is 26.3 Å². The standard InChI is InChI=1S/C12H16BrO2/c1-12(2,3)11(14)8-6-5-7-9(13)10(8)15-4/h5-7,14H,1-4H3. The molecule has 3 heteroatoms. The van der Waals surface area contributed by atoms with Crippen LogP contribution in [0.5, 0.6) is 5.75 Å². The van der Waals surface area contributed by atoms with E-state index in [2.05, 4.69) is 15.9 Å². The second-order valence-corrected chi connectivity index (χ2v) is 5.27. The fourth-order valence-electron chi connectivity index (χ4n) is 1.31. The number of aliphatic hydroxyl groups excluding tert-OH is 1. The van der Waals surface area contributed by atoms with E-state index in [4.69, 9.17) is 4.74 Å². The Balaban J connectivity index is 3.20. The summed E-state index contributed by atoms with van der Waals surface area (Å²) in [5, 5.41) is 10.1. The highest BCUT2D eigenvalue weighted by Crippen LogP contribution is 2.39. The molecule has 83 valence electrons. The summed E-state index contributed by atoms with van der Waals surface area (Å²) in [6.45, 7) is 5.88. The van der Waals surface area contributed by atoms with Crippen LogP contribution in [0.15, 0.2) is 22.7 Å². The average molecular weight is 272 g/mol. The number of hydrogen-bond acceptors (Lipinski definition) is 2. The summed E-state index contributed by atoms with van der Waals surface area (Å²) in [4.78, 5) is 0. The van der Waals surface area contributed by atoms with Crippen LogP contribution < -0.4 is 4.74 Å². The Hall–Kier alpha value is -0.540. The van der Waals surface area contributed by atoms with Crippen LogP contribution in [-0.4, -0.2) is 12.2 Å². The molecule has 0 saturated carbocycles. The zero-order valence-electron chi connectivity index (χ0n) is 9.47. The molecule has 0 aliphatic rings. The predicted molar refractivity (Wildman–Crippen MR) is 64.4 cm³/mol. The molecule has 0 atom stereocenters. The van der Waals surface area contributed by atoms with Gasteiger partial charge in [-0.05, 0) is 27.4 Å². The molecule has 0 aliphatic heterocycles. The van der Waals surface area contributed by atoms with Crippen LogP contribution in [0, 0.1) is 11.5 Å². The zero-order chi connectivity index (χ0) is 11.6. The summed E-state index contributed by atoms with van der Waals surface area (Å²) in [5.74, 6) is 0.671. The Labute approximate surface area is 99.4 Å². The Kier molecular flexibility index (Phi) is 3.79. The molecule has 2 nitrogen and oxygen atoms in total. The lowest BCUT2D eigenvalue weighted by Gasteiger charge is -2.26. The van der Waals surface area contributed by atoms with Crippen molar-refractivity contribution in [1.82, 2.24) is 0 Å². The van der Waals surface area contributed by atoms with E-state index in [9.17, 15) is 5.11 Å². The van der Waals surface area contributed by atoms with E-state index < -0.39 is 0 Å². The molecule has 0 spiro atoms. The van der Waals surface area contributed by atoms with Crippen molar-refractivity contribution in [2.45, 2.75) is 20.8 Å². The van der Waals surface area contributed by atoms with Gasteiger partial charge >= 0.3 is 0 Å². The highest BCUT2D eigenvalue weighted by Gasteiger charge is 2.28. The molecule has 0 bridgehead atoms. The molecule has 1 aromatic rings. The smallest absolute Gasteiger partial charge is 0.139 e. The first-order chi connectivity index (χ1) is 6.88. The second kappa shape index (κ2) is 4.54. The van der Waals surface area contributed by atoms with Crippen LogP contribution in [0.3, 0.4) is 0 Å². The average Bonchev–Trinajstić information content (AvgIpc) is 2.14. The largest absolute Gasteiger partial charge is 0.495 e. The topological polar surface area (TPSA) is 29.5 Å². The summed E-state index contributed by atoms with van der Waals surface area (Å²) < 4.78 is 6.11. The Morgan fingerprint density at radius 1 is 1.33 bits per heavy atom. The van der Waals surface area contributed by atoms with Gasteiger partial charge in [0.15, 0.2) is 0 Å². The fourth-order valence-corrected chi connectivity index (χ4v) is 1.83. The third-order valence-corrected chi connectivity index (χ3v) is 2.76. The Morgan fingerprint density at radius 2 is 1.93 bits per heavy atom. The summed E-state index contributed by atoms with van der Waals surface area (Å²) in [7, 11) is 1.60. The number of hydrogen-bond donors (Lipinski definition) is 1. The third kappa shape index (κ3) is 2.73. The third-order valence-electron chi connectivity index (χ3n) is 2.14. The first-order valence-electron chi connectivity index (χ1n) is 4.77. The molecule has 1 aromatic carbocycles. The van der Waals surface area contributed by atoms with Gasteiger partial charge in [0, 0.05) is 5.56 Å². The van der Waals surface area contributed by atoms with E-state index in [1.807, 2.05) is 39.0 Å². The lowest BCUT2D eigenvalue weighted by atomic mass is 9.84. The van der Waals surface area contributed by atoms with Crippen molar-refractivity contribution in [1.29, 1.82) is 0 Å². The Bertz CT molecular complexity index is 342. The molecule has 0 unspecified atom stereocenters. The van der Waals surface area contributed by atoms with Crippen LogP contribution in [0.4, 0.5) is 0 Å². The van der Waals surface area contributed by atoms with Gasteiger partial charge in [-0.1, -0.05) is 32.9 Å². The number of benzene rings is 1. The van der Waals surface area contributed by atoms with Gasteiger partial charge in [-0.15, -0.1) is 0 Å². The normalized spacial score (nSPS) is 11.9. The molecule has 0 aliphatic carbocycles. The van der Waals surface area contributed by atoms with Gasteiger partial charge in [-0.2, -0.15) is 0 Å². The van der Waals surface area contributed by atoms with Crippen molar-refractivity contribution < 1.29 is 9.84 Å². The number of aliphatic hydroxyl groups is 1. The van der Waals surface area contributed by atoms with Crippen LogP contribution in [0.2, 0.25) is 0 Å². The summed E-state index contributed by atoms with van der Waals surface area (Å²) >= 11 is 3.39. The molecule has 0 fully saturated rings. The number of para-hydroxylation sites is 1. The number of methoxy groups -OCH3 is 1. The van der Waals surface area contributed by atoms with Gasteiger partial charge in [0.2, 0.25) is 0 Å². The van der Waals surface area contributed by atoms with Crippen LogP contribution in [0.25, 0.3) is 0 Å². The van der Waals surface area contributed by atoms with E-state index in [0.717, 1.165) is 10.0 Å². The van der Waals surface area contributed by atoms with Crippen LogP contribution >= 0.6 is 15.9 Å². The van der Waals surface area contributed by atoms with E-state index in [0.29, 0.717) is 11.9 Å². The van der Waals surface area contributed by atoms with Gasteiger partial charge in [0.25, 0.3) is 0 Å². The SMILES string of the molecule is COc1c(Br)cccc1[C](O)C(C)(C)C. The minimum atomic E-state index is -0.284. The molecule has 1 radical (unpaired) electrons. The lowest BCUT2D eigenvalue weighted by Crippen LogP contribution is -2.19. The highest BCUT2D eigenvalue weighted by molar-refractivity contribution is 9.10.